The van der Waals surface area contributed by atoms with Crippen molar-refractivity contribution in [1.29, 1.82) is 0 Å². The van der Waals surface area contributed by atoms with Gasteiger partial charge in [-0.25, -0.2) is 9.18 Å². The molecule has 0 aliphatic carbocycles. The molecule has 0 aromatic heterocycles. The molecule has 1 aromatic rings. The molecule has 0 saturated heterocycles. The predicted octanol–water partition coefficient (Wildman–Crippen LogP) is 1.49. The second kappa shape index (κ2) is 5.00. The van der Waals surface area contributed by atoms with Gasteiger partial charge in [0.05, 0.1) is 12.7 Å². The maximum absolute atomic E-state index is 12.9. The molecule has 1 amide bonds. The molecule has 1 heterocycles. The lowest BCUT2D eigenvalue weighted by Crippen LogP contribution is -2.30. The lowest BCUT2D eigenvalue weighted by molar-refractivity contribution is -0.136. The molecule has 18 heavy (non-hydrogen) atoms. The van der Waals surface area contributed by atoms with Crippen molar-refractivity contribution >= 4 is 11.9 Å². The first-order valence-electron chi connectivity index (χ1n) is 5.45. The van der Waals surface area contributed by atoms with E-state index in [0.717, 1.165) is 0 Å². The molecule has 2 rings (SSSR count). The number of hydrogen-bond donors (Lipinski definition) is 1. The van der Waals surface area contributed by atoms with Crippen LogP contribution in [-0.2, 0) is 14.3 Å². The van der Waals surface area contributed by atoms with E-state index in [4.69, 9.17) is 0 Å². The highest BCUT2D eigenvalue weighted by Gasteiger charge is 2.29. The van der Waals surface area contributed by atoms with Gasteiger partial charge in [-0.2, -0.15) is 0 Å². The Morgan fingerprint density at radius 3 is 2.67 bits per heavy atom. The summed E-state index contributed by atoms with van der Waals surface area (Å²) in [5.41, 5.74) is 1.08. The van der Waals surface area contributed by atoms with E-state index in [-0.39, 0.29) is 18.1 Å². The summed E-state index contributed by atoms with van der Waals surface area (Å²) < 4.78 is 17.5. The largest absolute Gasteiger partial charge is 0.466 e. The number of hydrogen-bond acceptors (Lipinski definition) is 3. The molecule has 0 bridgehead atoms. The highest BCUT2D eigenvalue weighted by Crippen LogP contribution is 2.30. The van der Waals surface area contributed by atoms with Crippen LogP contribution in [0.15, 0.2) is 36.0 Å². The number of carbonyl (C=O) groups excluding carboxylic acids is 2. The maximum Gasteiger partial charge on any atom is 0.335 e. The van der Waals surface area contributed by atoms with E-state index < -0.39 is 11.9 Å². The zero-order valence-electron chi connectivity index (χ0n) is 9.77. The molecule has 1 atom stereocenters. The predicted molar refractivity (Wildman–Crippen MR) is 62.0 cm³/mol. The fourth-order valence-electron chi connectivity index (χ4n) is 1.92. The SMILES string of the molecule is COC(=O)C1=CNC(=O)C[C@H]1c1ccc(F)cc1. The number of nitrogens with one attached hydrogen (secondary N) is 1. The minimum absolute atomic E-state index is 0.145. The van der Waals surface area contributed by atoms with Crippen LogP contribution in [0.25, 0.3) is 0 Å². The van der Waals surface area contributed by atoms with Crippen molar-refractivity contribution in [2.45, 2.75) is 12.3 Å². The third-order valence-corrected chi connectivity index (χ3v) is 2.85. The van der Waals surface area contributed by atoms with Crippen LogP contribution in [-0.4, -0.2) is 19.0 Å². The second-order valence-corrected chi connectivity index (χ2v) is 3.97. The summed E-state index contributed by atoms with van der Waals surface area (Å²) in [5, 5.41) is 2.48. The standard InChI is InChI=1S/C13H12FNO3/c1-18-13(17)11-7-15-12(16)6-10(11)8-2-4-9(14)5-3-8/h2-5,7,10H,6H2,1H3,(H,15,16)/t10-/m0/s1. The molecule has 0 unspecified atom stereocenters. The Bertz CT molecular complexity index is 507. The summed E-state index contributed by atoms with van der Waals surface area (Å²) in [4.78, 5) is 23.0. The molecule has 4 nitrogen and oxygen atoms in total. The van der Waals surface area contributed by atoms with Crippen LogP contribution < -0.4 is 5.32 Å². The number of halogens is 1. The molecule has 1 N–H and O–H groups in total. The maximum atomic E-state index is 12.9. The van der Waals surface area contributed by atoms with Crippen molar-refractivity contribution in [3.05, 3.63) is 47.4 Å². The van der Waals surface area contributed by atoms with Gasteiger partial charge in [-0.15, -0.1) is 0 Å². The molecule has 94 valence electrons. The molecular weight excluding hydrogens is 237 g/mol. The van der Waals surface area contributed by atoms with Crippen molar-refractivity contribution in [1.82, 2.24) is 5.32 Å². The summed E-state index contributed by atoms with van der Waals surface area (Å²) in [6.07, 6.45) is 1.50. The zero-order chi connectivity index (χ0) is 13.1. The van der Waals surface area contributed by atoms with Gasteiger partial charge in [-0.1, -0.05) is 12.1 Å². The summed E-state index contributed by atoms with van der Waals surface area (Å²) >= 11 is 0. The van der Waals surface area contributed by atoms with Crippen molar-refractivity contribution < 1.29 is 18.7 Å². The first kappa shape index (κ1) is 12.3. The van der Waals surface area contributed by atoms with Crippen molar-refractivity contribution in [3.63, 3.8) is 0 Å². The van der Waals surface area contributed by atoms with Gasteiger partial charge in [0.25, 0.3) is 0 Å². The van der Waals surface area contributed by atoms with Gasteiger partial charge in [0.1, 0.15) is 5.82 Å². The minimum atomic E-state index is -0.496. The van der Waals surface area contributed by atoms with Crippen LogP contribution in [0.4, 0.5) is 4.39 Å². The number of ether oxygens (including phenoxy) is 1. The third-order valence-electron chi connectivity index (χ3n) is 2.85. The van der Waals surface area contributed by atoms with E-state index in [9.17, 15) is 14.0 Å². The Kier molecular flexibility index (Phi) is 3.41. The van der Waals surface area contributed by atoms with Gasteiger partial charge in [-0.3, -0.25) is 4.79 Å². The summed E-state index contributed by atoms with van der Waals surface area (Å²) in [6, 6.07) is 5.73. The highest BCUT2D eigenvalue weighted by atomic mass is 19.1. The topological polar surface area (TPSA) is 55.4 Å². The lowest BCUT2D eigenvalue weighted by Gasteiger charge is -2.22. The van der Waals surface area contributed by atoms with E-state index in [1.165, 1.54) is 25.4 Å². The first-order chi connectivity index (χ1) is 8.61. The third kappa shape index (κ3) is 2.40. The summed E-state index contributed by atoms with van der Waals surface area (Å²) in [6.45, 7) is 0. The number of rotatable bonds is 2. The molecule has 1 aliphatic rings. The normalized spacial score (nSPS) is 18.9. The van der Waals surface area contributed by atoms with E-state index in [1.807, 2.05) is 0 Å². The Labute approximate surface area is 103 Å². The number of benzene rings is 1. The van der Waals surface area contributed by atoms with Crippen molar-refractivity contribution in [3.8, 4) is 0 Å². The van der Waals surface area contributed by atoms with Crippen LogP contribution in [0.3, 0.4) is 0 Å². The Morgan fingerprint density at radius 2 is 2.06 bits per heavy atom. The Hall–Kier alpha value is -2.17. The zero-order valence-corrected chi connectivity index (χ0v) is 9.77. The molecule has 1 aromatic carbocycles. The Morgan fingerprint density at radius 1 is 1.39 bits per heavy atom. The van der Waals surface area contributed by atoms with Crippen LogP contribution in [0.2, 0.25) is 0 Å². The molecule has 1 aliphatic heterocycles. The first-order valence-corrected chi connectivity index (χ1v) is 5.45. The quantitative estimate of drug-likeness (QED) is 0.808. The van der Waals surface area contributed by atoms with Crippen molar-refractivity contribution in [2.24, 2.45) is 0 Å². The van der Waals surface area contributed by atoms with E-state index in [2.05, 4.69) is 10.1 Å². The minimum Gasteiger partial charge on any atom is -0.466 e. The summed E-state index contributed by atoms with van der Waals surface area (Å²) in [5.74, 6) is -1.43. The smallest absolute Gasteiger partial charge is 0.335 e. The second-order valence-electron chi connectivity index (χ2n) is 3.97. The van der Waals surface area contributed by atoms with Crippen molar-refractivity contribution in [2.75, 3.05) is 7.11 Å². The van der Waals surface area contributed by atoms with E-state index in [1.54, 1.807) is 12.1 Å². The highest BCUT2D eigenvalue weighted by molar-refractivity contribution is 5.94. The van der Waals surface area contributed by atoms with Crippen LogP contribution in [0.1, 0.15) is 17.9 Å². The van der Waals surface area contributed by atoms with Gasteiger partial charge < -0.3 is 10.1 Å². The number of esters is 1. The lowest BCUT2D eigenvalue weighted by atomic mass is 9.86. The van der Waals surface area contributed by atoms with E-state index in [0.29, 0.717) is 11.1 Å². The molecule has 0 fully saturated rings. The average Bonchev–Trinajstić information content (AvgIpc) is 2.38. The molecule has 0 radical (unpaired) electrons. The van der Waals surface area contributed by atoms with E-state index >= 15 is 0 Å². The van der Waals surface area contributed by atoms with Gasteiger partial charge in [-0.05, 0) is 17.7 Å². The number of carbonyl (C=O) groups is 2. The number of methoxy groups -OCH3 is 1. The van der Waals surface area contributed by atoms with Gasteiger partial charge in [0.15, 0.2) is 0 Å². The van der Waals surface area contributed by atoms with Crippen LogP contribution >= 0.6 is 0 Å². The summed E-state index contributed by atoms with van der Waals surface area (Å²) in [7, 11) is 1.28. The van der Waals surface area contributed by atoms with Gasteiger partial charge >= 0.3 is 5.97 Å². The molecular formula is C13H12FNO3. The molecule has 0 spiro atoms. The Balaban J connectivity index is 2.36. The molecule has 0 saturated carbocycles. The van der Waals surface area contributed by atoms with Crippen LogP contribution in [0.5, 0.6) is 0 Å². The monoisotopic (exact) mass is 249 g/mol. The average molecular weight is 249 g/mol. The fraction of sp³-hybridized carbons (Fsp3) is 0.231. The molecule has 5 heteroatoms. The van der Waals surface area contributed by atoms with Crippen LogP contribution in [0, 0.1) is 5.82 Å². The van der Waals surface area contributed by atoms with Gasteiger partial charge in [0, 0.05) is 18.5 Å². The van der Waals surface area contributed by atoms with Gasteiger partial charge in [0.2, 0.25) is 5.91 Å². The number of amides is 1. The fourth-order valence-corrected chi connectivity index (χ4v) is 1.92.